The molecule has 4 rings (SSSR count). The third kappa shape index (κ3) is 4.85. The van der Waals surface area contributed by atoms with Crippen molar-refractivity contribution in [3.05, 3.63) is 41.7 Å². The van der Waals surface area contributed by atoms with Crippen molar-refractivity contribution in [2.24, 2.45) is 0 Å². The summed E-state index contributed by atoms with van der Waals surface area (Å²) in [5, 5.41) is 3.23. The van der Waals surface area contributed by atoms with E-state index in [2.05, 4.69) is 30.0 Å². The molecule has 2 aliphatic heterocycles. The smallest absolute Gasteiger partial charge is 0.416 e. The van der Waals surface area contributed by atoms with Gasteiger partial charge in [-0.3, -0.25) is 4.90 Å². The third-order valence-electron chi connectivity index (χ3n) is 5.64. The molecular weight excluding hydrogens is 409 g/mol. The first-order chi connectivity index (χ1) is 14.8. The number of anilines is 2. The van der Waals surface area contributed by atoms with Crippen LogP contribution in [0.4, 0.5) is 24.8 Å². The van der Waals surface area contributed by atoms with Crippen molar-refractivity contribution in [1.82, 2.24) is 19.8 Å². The Bertz CT molecular complexity index is 882. The first-order valence-corrected chi connectivity index (χ1v) is 10.4. The molecular formula is C21H27F3N6O. The lowest BCUT2D eigenvalue weighted by molar-refractivity contribution is -0.137. The maximum Gasteiger partial charge on any atom is 0.416 e. The number of alkyl halides is 3. The van der Waals surface area contributed by atoms with Crippen molar-refractivity contribution >= 4 is 11.6 Å². The van der Waals surface area contributed by atoms with Gasteiger partial charge >= 0.3 is 6.18 Å². The van der Waals surface area contributed by atoms with Gasteiger partial charge < -0.3 is 19.9 Å². The van der Waals surface area contributed by atoms with Gasteiger partial charge in [0.1, 0.15) is 12.9 Å². The van der Waals surface area contributed by atoms with Gasteiger partial charge in [0.05, 0.1) is 12.1 Å². The summed E-state index contributed by atoms with van der Waals surface area (Å²) in [6.07, 6.45) is -2.78. The molecule has 1 N–H and O–H groups in total. The number of aromatic nitrogens is 2. The van der Waals surface area contributed by atoms with E-state index in [9.17, 15) is 13.2 Å². The molecule has 1 aromatic heterocycles. The van der Waals surface area contributed by atoms with E-state index in [-0.39, 0.29) is 6.04 Å². The monoisotopic (exact) mass is 436 g/mol. The maximum absolute atomic E-state index is 13.0. The first kappa shape index (κ1) is 21.6. The molecule has 3 heterocycles. The minimum atomic E-state index is -4.32. The van der Waals surface area contributed by atoms with E-state index in [0.29, 0.717) is 18.2 Å². The van der Waals surface area contributed by atoms with Crippen LogP contribution < -0.4 is 15.0 Å². The lowest BCUT2D eigenvalue weighted by atomic mass is 10.0. The van der Waals surface area contributed by atoms with Gasteiger partial charge in [-0.15, -0.1) is 0 Å². The molecule has 10 heteroatoms. The minimum absolute atomic E-state index is 0.0108. The van der Waals surface area contributed by atoms with Crippen molar-refractivity contribution < 1.29 is 17.9 Å². The molecule has 1 unspecified atom stereocenters. The molecule has 0 amide bonds. The molecule has 0 saturated carbocycles. The van der Waals surface area contributed by atoms with Crippen molar-refractivity contribution in [1.29, 1.82) is 0 Å². The number of benzene rings is 1. The van der Waals surface area contributed by atoms with Crippen LogP contribution in [-0.2, 0) is 6.18 Å². The molecule has 0 bridgehead atoms. The number of halogens is 3. The van der Waals surface area contributed by atoms with Gasteiger partial charge in [0.25, 0.3) is 0 Å². The number of hydrogen-bond acceptors (Lipinski definition) is 7. The summed E-state index contributed by atoms with van der Waals surface area (Å²) < 4.78 is 44.7. The molecule has 0 radical (unpaired) electrons. The highest BCUT2D eigenvalue weighted by Gasteiger charge is 2.32. The second-order valence-corrected chi connectivity index (χ2v) is 8.07. The Morgan fingerprint density at radius 1 is 1.10 bits per heavy atom. The van der Waals surface area contributed by atoms with Crippen molar-refractivity contribution in [2.45, 2.75) is 12.2 Å². The maximum atomic E-state index is 13.0. The largest absolute Gasteiger partial charge is 0.485 e. The molecule has 1 aromatic carbocycles. The summed E-state index contributed by atoms with van der Waals surface area (Å²) in [6.45, 7) is 5.05. The number of fused-ring (bicyclic) bond motifs is 1. The number of hydrogen-bond donors (Lipinski definition) is 1. The minimum Gasteiger partial charge on any atom is -0.485 e. The van der Waals surface area contributed by atoms with Gasteiger partial charge in [-0.05, 0) is 31.8 Å². The topological polar surface area (TPSA) is 56.8 Å². The second-order valence-electron chi connectivity index (χ2n) is 8.07. The molecule has 1 saturated heterocycles. The Balaban J connectivity index is 1.48. The van der Waals surface area contributed by atoms with E-state index in [1.165, 1.54) is 12.1 Å². The highest BCUT2D eigenvalue weighted by atomic mass is 19.4. The molecule has 7 nitrogen and oxygen atoms in total. The Labute approximate surface area is 179 Å². The van der Waals surface area contributed by atoms with Gasteiger partial charge in [-0.2, -0.15) is 13.2 Å². The molecule has 31 heavy (non-hydrogen) atoms. The standard InChI is InChI=1S/C21H27F3N6O/c1-28(2)13-17(15-3-5-16(6-4-15)21(22,23)24)29-8-10-30(11-9-29)20-18-19(26-14-27-20)25-7-12-31-18/h3-6,14,17H,7-13H2,1-2H3,(H,25,26,27). The zero-order chi connectivity index (χ0) is 22.0. The molecule has 2 aliphatic rings. The third-order valence-corrected chi connectivity index (χ3v) is 5.64. The predicted octanol–water partition coefficient (Wildman–Crippen LogP) is 2.72. The number of ether oxygens (including phenoxy) is 1. The van der Waals surface area contributed by atoms with Gasteiger partial charge in [0.15, 0.2) is 11.6 Å². The van der Waals surface area contributed by atoms with E-state index in [4.69, 9.17) is 4.74 Å². The van der Waals surface area contributed by atoms with Crippen LogP contribution >= 0.6 is 0 Å². The van der Waals surface area contributed by atoms with Crippen LogP contribution in [0, 0.1) is 0 Å². The molecule has 168 valence electrons. The first-order valence-electron chi connectivity index (χ1n) is 10.4. The summed E-state index contributed by atoms with van der Waals surface area (Å²) in [4.78, 5) is 15.3. The Morgan fingerprint density at radius 3 is 2.45 bits per heavy atom. The fourth-order valence-corrected chi connectivity index (χ4v) is 4.09. The zero-order valence-corrected chi connectivity index (χ0v) is 17.7. The van der Waals surface area contributed by atoms with Gasteiger partial charge in [0.2, 0.25) is 5.75 Å². The number of rotatable bonds is 5. The fraction of sp³-hybridized carbons (Fsp3) is 0.524. The van der Waals surface area contributed by atoms with Crippen LogP contribution in [-0.4, -0.2) is 79.7 Å². The summed E-state index contributed by atoms with van der Waals surface area (Å²) in [7, 11) is 3.95. The normalized spacial score (nSPS) is 18.3. The van der Waals surface area contributed by atoms with Crippen LogP contribution in [0.15, 0.2) is 30.6 Å². The van der Waals surface area contributed by atoms with E-state index in [1.807, 2.05) is 14.1 Å². The van der Waals surface area contributed by atoms with E-state index in [1.54, 1.807) is 18.5 Å². The van der Waals surface area contributed by atoms with Gasteiger partial charge in [0, 0.05) is 38.8 Å². The average Bonchev–Trinajstić information content (AvgIpc) is 2.77. The fourth-order valence-electron chi connectivity index (χ4n) is 4.09. The predicted molar refractivity (Wildman–Crippen MR) is 113 cm³/mol. The number of nitrogens with one attached hydrogen (secondary N) is 1. The quantitative estimate of drug-likeness (QED) is 0.774. The van der Waals surface area contributed by atoms with Crippen molar-refractivity contribution in [3.8, 4) is 5.75 Å². The summed E-state index contributed by atoms with van der Waals surface area (Å²) in [5.74, 6) is 2.19. The highest BCUT2D eigenvalue weighted by molar-refractivity contribution is 5.65. The second kappa shape index (κ2) is 8.88. The van der Waals surface area contributed by atoms with E-state index < -0.39 is 11.7 Å². The summed E-state index contributed by atoms with van der Waals surface area (Å²) in [6, 6.07) is 5.56. The Hall–Kier alpha value is -2.59. The summed E-state index contributed by atoms with van der Waals surface area (Å²) in [5.41, 5.74) is 0.272. The molecule has 0 spiro atoms. The highest BCUT2D eigenvalue weighted by Crippen LogP contribution is 2.35. The molecule has 0 aliphatic carbocycles. The van der Waals surface area contributed by atoms with Gasteiger partial charge in [-0.1, -0.05) is 12.1 Å². The Kier molecular flexibility index (Phi) is 6.19. The summed E-state index contributed by atoms with van der Waals surface area (Å²) >= 11 is 0. The molecule has 1 atom stereocenters. The lowest BCUT2D eigenvalue weighted by Crippen LogP contribution is -2.49. The van der Waals surface area contributed by atoms with Gasteiger partial charge in [-0.25, -0.2) is 9.97 Å². The zero-order valence-electron chi connectivity index (χ0n) is 17.7. The van der Waals surface area contributed by atoms with E-state index in [0.717, 1.165) is 50.6 Å². The van der Waals surface area contributed by atoms with Crippen LogP contribution in [0.25, 0.3) is 0 Å². The van der Waals surface area contributed by atoms with Crippen LogP contribution in [0.2, 0.25) is 0 Å². The van der Waals surface area contributed by atoms with Crippen molar-refractivity contribution in [3.63, 3.8) is 0 Å². The average molecular weight is 436 g/mol. The van der Waals surface area contributed by atoms with Crippen LogP contribution in [0.5, 0.6) is 5.75 Å². The van der Waals surface area contributed by atoms with Crippen LogP contribution in [0.3, 0.4) is 0 Å². The lowest BCUT2D eigenvalue weighted by Gasteiger charge is -2.41. The SMILES string of the molecule is CN(C)CC(c1ccc(C(F)(F)F)cc1)N1CCN(c2ncnc3c2OCCN3)CC1. The Morgan fingerprint density at radius 2 is 1.81 bits per heavy atom. The number of piperazine rings is 1. The molecule has 1 fully saturated rings. The van der Waals surface area contributed by atoms with Crippen LogP contribution in [0.1, 0.15) is 17.2 Å². The van der Waals surface area contributed by atoms with Crippen molar-refractivity contribution in [2.75, 3.05) is 70.2 Å². The molecule has 2 aromatic rings. The number of likely N-dealkylation sites (N-methyl/N-ethyl adjacent to an activating group) is 1. The van der Waals surface area contributed by atoms with E-state index >= 15 is 0 Å². The number of nitrogens with zero attached hydrogens (tertiary/aromatic N) is 5.